The van der Waals surface area contributed by atoms with E-state index >= 15 is 0 Å². The van der Waals surface area contributed by atoms with Crippen molar-refractivity contribution in [2.24, 2.45) is 0 Å². The van der Waals surface area contributed by atoms with E-state index in [4.69, 9.17) is 11.0 Å². The molecule has 0 aliphatic rings. The summed E-state index contributed by atoms with van der Waals surface area (Å²) in [5.74, 6) is -1.50. The zero-order valence-corrected chi connectivity index (χ0v) is 8.48. The molecule has 0 saturated carbocycles. The minimum absolute atomic E-state index is 0.0130. The molecule has 84 valence electrons. The quantitative estimate of drug-likeness (QED) is 0.814. The number of nitrogen functional groups attached to an aromatic ring is 1. The van der Waals surface area contributed by atoms with Gasteiger partial charge < -0.3 is 5.73 Å². The van der Waals surface area contributed by atoms with E-state index in [1.54, 1.807) is 6.07 Å². The van der Waals surface area contributed by atoms with Crippen LogP contribution < -0.4 is 5.73 Å². The van der Waals surface area contributed by atoms with Crippen molar-refractivity contribution in [3.63, 3.8) is 0 Å². The molecule has 0 saturated heterocycles. The van der Waals surface area contributed by atoms with Crippen molar-refractivity contribution in [3.8, 4) is 17.5 Å². The third-order valence-electron chi connectivity index (χ3n) is 2.11. The smallest absolute Gasteiger partial charge is 0.164 e. The van der Waals surface area contributed by atoms with Gasteiger partial charge in [0.25, 0.3) is 0 Å². The Hall–Kier alpha value is -2.55. The molecule has 1 aromatic carbocycles. The Morgan fingerprint density at radius 3 is 2.65 bits per heavy atom. The minimum atomic E-state index is -0.783. The van der Waals surface area contributed by atoms with Gasteiger partial charge in [0.15, 0.2) is 5.82 Å². The first-order chi connectivity index (χ1) is 8.11. The summed E-state index contributed by atoms with van der Waals surface area (Å²) >= 11 is 0. The van der Waals surface area contributed by atoms with Crippen LogP contribution >= 0.6 is 0 Å². The Morgan fingerprint density at radius 1 is 1.29 bits per heavy atom. The molecular formula is C11H6F2N4. The Balaban J connectivity index is 2.54. The summed E-state index contributed by atoms with van der Waals surface area (Å²) < 4.78 is 26.1. The van der Waals surface area contributed by atoms with Gasteiger partial charge in [-0.15, -0.1) is 0 Å². The summed E-state index contributed by atoms with van der Waals surface area (Å²) in [6, 6.07) is 4.83. The first-order valence-corrected chi connectivity index (χ1v) is 4.60. The SMILES string of the molecule is N#Cc1cnc(-c2ccc(F)cc2F)nc1N. The van der Waals surface area contributed by atoms with Gasteiger partial charge in [-0.2, -0.15) is 5.26 Å². The van der Waals surface area contributed by atoms with E-state index in [0.717, 1.165) is 12.1 Å². The molecule has 1 aromatic heterocycles. The Labute approximate surface area is 95.4 Å². The summed E-state index contributed by atoms with van der Waals surface area (Å²) in [7, 11) is 0. The van der Waals surface area contributed by atoms with Crippen LogP contribution in [0, 0.1) is 23.0 Å². The van der Waals surface area contributed by atoms with E-state index < -0.39 is 11.6 Å². The topological polar surface area (TPSA) is 75.6 Å². The van der Waals surface area contributed by atoms with Crippen molar-refractivity contribution in [2.75, 3.05) is 5.73 Å². The predicted octanol–water partition coefficient (Wildman–Crippen LogP) is 1.88. The van der Waals surface area contributed by atoms with Gasteiger partial charge in [0.05, 0.1) is 11.8 Å². The van der Waals surface area contributed by atoms with Crippen LogP contribution in [0.25, 0.3) is 11.4 Å². The fourth-order valence-electron chi connectivity index (χ4n) is 1.28. The lowest BCUT2D eigenvalue weighted by atomic mass is 10.2. The average Bonchev–Trinajstić information content (AvgIpc) is 2.29. The molecule has 17 heavy (non-hydrogen) atoms. The molecule has 2 rings (SSSR count). The van der Waals surface area contributed by atoms with Gasteiger partial charge in [0.1, 0.15) is 29.1 Å². The number of aromatic nitrogens is 2. The van der Waals surface area contributed by atoms with Gasteiger partial charge in [0, 0.05) is 6.07 Å². The molecule has 0 unspecified atom stereocenters. The fraction of sp³-hybridized carbons (Fsp3) is 0. The van der Waals surface area contributed by atoms with Crippen LogP contribution in [0.4, 0.5) is 14.6 Å². The lowest BCUT2D eigenvalue weighted by molar-refractivity contribution is 0.585. The van der Waals surface area contributed by atoms with Crippen molar-refractivity contribution in [2.45, 2.75) is 0 Å². The lowest BCUT2D eigenvalue weighted by Gasteiger charge is -2.03. The van der Waals surface area contributed by atoms with Crippen LogP contribution in [0.15, 0.2) is 24.4 Å². The van der Waals surface area contributed by atoms with E-state index in [9.17, 15) is 8.78 Å². The van der Waals surface area contributed by atoms with Crippen molar-refractivity contribution in [3.05, 3.63) is 41.6 Å². The summed E-state index contributed by atoms with van der Waals surface area (Å²) in [6.07, 6.45) is 1.19. The van der Waals surface area contributed by atoms with Gasteiger partial charge in [-0.05, 0) is 12.1 Å². The molecule has 0 atom stereocenters. The molecule has 1 heterocycles. The summed E-state index contributed by atoms with van der Waals surface area (Å²) in [5.41, 5.74) is 5.62. The van der Waals surface area contributed by atoms with Gasteiger partial charge >= 0.3 is 0 Å². The molecule has 0 amide bonds. The highest BCUT2D eigenvalue weighted by Gasteiger charge is 2.11. The lowest BCUT2D eigenvalue weighted by Crippen LogP contribution is -2.00. The fourth-order valence-corrected chi connectivity index (χ4v) is 1.28. The first-order valence-electron chi connectivity index (χ1n) is 4.60. The number of halogens is 2. The molecule has 0 fully saturated rings. The third kappa shape index (κ3) is 2.03. The van der Waals surface area contributed by atoms with Crippen molar-refractivity contribution < 1.29 is 8.78 Å². The highest BCUT2D eigenvalue weighted by molar-refractivity contribution is 5.59. The molecule has 6 heteroatoms. The maximum Gasteiger partial charge on any atom is 0.164 e. The number of anilines is 1. The molecule has 0 spiro atoms. The van der Waals surface area contributed by atoms with Crippen LogP contribution in [-0.2, 0) is 0 Å². The van der Waals surface area contributed by atoms with Crippen molar-refractivity contribution in [1.29, 1.82) is 5.26 Å². The molecule has 4 nitrogen and oxygen atoms in total. The molecule has 2 N–H and O–H groups in total. The standard InChI is InChI=1S/C11H6F2N4/c12-7-1-2-8(9(13)3-7)11-16-5-6(4-14)10(15)17-11/h1-3,5H,(H2,15,16,17). The normalized spacial score (nSPS) is 9.94. The second-order valence-electron chi connectivity index (χ2n) is 3.23. The summed E-state index contributed by atoms with van der Waals surface area (Å²) in [5, 5.41) is 8.64. The highest BCUT2D eigenvalue weighted by atomic mass is 19.1. The van der Waals surface area contributed by atoms with E-state index in [-0.39, 0.29) is 22.8 Å². The molecule has 0 bridgehead atoms. The maximum absolute atomic E-state index is 13.4. The molecule has 0 radical (unpaired) electrons. The molecule has 0 aliphatic heterocycles. The number of nitrogens with zero attached hydrogens (tertiary/aromatic N) is 3. The van der Waals surface area contributed by atoms with Crippen molar-refractivity contribution in [1.82, 2.24) is 9.97 Å². The van der Waals surface area contributed by atoms with Gasteiger partial charge in [0.2, 0.25) is 0 Å². The van der Waals surface area contributed by atoms with Gasteiger partial charge in [-0.1, -0.05) is 0 Å². The van der Waals surface area contributed by atoms with E-state index in [1.807, 2.05) is 0 Å². The van der Waals surface area contributed by atoms with E-state index in [2.05, 4.69) is 9.97 Å². The summed E-state index contributed by atoms with van der Waals surface area (Å²) in [6.45, 7) is 0. The van der Waals surface area contributed by atoms with Crippen LogP contribution in [0.2, 0.25) is 0 Å². The number of nitrogens with two attached hydrogens (primary N) is 1. The largest absolute Gasteiger partial charge is 0.382 e. The Bertz CT molecular complexity index is 619. The van der Waals surface area contributed by atoms with Crippen LogP contribution in [0.5, 0.6) is 0 Å². The number of benzene rings is 1. The molecule has 2 aromatic rings. The van der Waals surface area contributed by atoms with Crippen LogP contribution in [0.3, 0.4) is 0 Å². The molecule has 0 aliphatic carbocycles. The van der Waals surface area contributed by atoms with E-state index in [0.29, 0.717) is 0 Å². The van der Waals surface area contributed by atoms with Gasteiger partial charge in [-0.25, -0.2) is 18.7 Å². The Morgan fingerprint density at radius 2 is 2.06 bits per heavy atom. The second-order valence-corrected chi connectivity index (χ2v) is 3.23. The zero-order valence-electron chi connectivity index (χ0n) is 8.48. The number of nitriles is 1. The maximum atomic E-state index is 13.4. The average molecular weight is 232 g/mol. The predicted molar refractivity (Wildman–Crippen MR) is 56.5 cm³/mol. The summed E-state index contributed by atoms with van der Waals surface area (Å²) in [4.78, 5) is 7.58. The highest BCUT2D eigenvalue weighted by Crippen LogP contribution is 2.21. The van der Waals surface area contributed by atoms with Crippen molar-refractivity contribution >= 4 is 5.82 Å². The minimum Gasteiger partial charge on any atom is -0.382 e. The molecular weight excluding hydrogens is 226 g/mol. The zero-order chi connectivity index (χ0) is 12.4. The monoisotopic (exact) mass is 232 g/mol. The van der Waals surface area contributed by atoms with E-state index in [1.165, 1.54) is 12.3 Å². The Kier molecular flexibility index (Phi) is 2.66. The van der Waals surface area contributed by atoms with Crippen LogP contribution in [-0.4, -0.2) is 9.97 Å². The van der Waals surface area contributed by atoms with Gasteiger partial charge in [-0.3, -0.25) is 0 Å². The third-order valence-corrected chi connectivity index (χ3v) is 2.11. The number of hydrogen-bond donors (Lipinski definition) is 1. The number of rotatable bonds is 1. The number of hydrogen-bond acceptors (Lipinski definition) is 4. The second kappa shape index (κ2) is 4.14. The van der Waals surface area contributed by atoms with Crippen LogP contribution in [0.1, 0.15) is 5.56 Å². The first kappa shape index (κ1) is 11.0.